The average Bonchev–Trinajstić information content (AvgIpc) is 2.54. The summed E-state index contributed by atoms with van der Waals surface area (Å²) < 4.78 is 11.0. The maximum atomic E-state index is 5.38. The number of ether oxygens (including phenoxy) is 1. The van der Waals surface area contributed by atoms with Crippen molar-refractivity contribution in [2.24, 2.45) is 5.84 Å². The lowest BCUT2D eigenvalue weighted by atomic mass is 10.2. The molecule has 0 radical (unpaired) electrons. The molecule has 0 saturated heterocycles. The van der Waals surface area contributed by atoms with Gasteiger partial charge in [-0.05, 0) is 28.9 Å². The minimum Gasteiger partial charge on any atom is -0.457 e. The Morgan fingerprint density at radius 1 is 1.77 bits per heavy atom. The molecule has 4 nitrogen and oxygen atoms in total. The monoisotopic (exact) mass is 248 g/mol. The molecule has 0 amide bonds. The summed E-state index contributed by atoms with van der Waals surface area (Å²) in [6.07, 6.45) is 1.61. The first kappa shape index (κ1) is 10.7. The van der Waals surface area contributed by atoms with Crippen LogP contribution in [0, 0.1) is 0 Å². The van der Waals surface area contributed by atoms with Crippen molar-refractivity contribution >= 4 is 15.9 Å². The van der Waals surface area contributed by atoms with Crippen LogP contribution in [0.5, 0.6) is 0 Å². The van der Waals surface area contributed by atoms with Crippen LogP contribution in [0.3, 0.4) is 0 Å². The summed E-state index contributed by atoms with van der Waals surface area (Å²) in [6, 6.07) is 1.82. The van der Waals surface area contributed by atoms with Gasteiger partial charge < -0.3 is 9.15 Å². The minimum atomic E-state index is -0.0342. The molecule has 74 valence electrons. The van der Waals surface area contributed by atoms with Crippen molar-refractivity contribution in [3.63, 3.8) is 0 Å². The Balaban J connectivity index is 2.61. The van der Waals surface area contributed by atoms with Crippen molar-refractivity contribution in [3.05, 3.63) is 22.6 Å². The second kappa shape index (κ2) is 5.39. The first-order valence-corrected chi connectivity index (χ1v) is 4.85. The van der Waals surface area contributed by atoms with Gasteiger partial charge in [-0.3, -0.25) is 11.3 Å². The molecule has 0 aliphatic carbocycles. The Kier molecular flexibility index (Phi) is 4.44. The van der Waals surface area contributed by atoms with Gasteiger partial charge in [0.1, 0.15) is 0 Å². The quantitative estimate of drug-likeness (QED) is 0.614. The number of nitrogens with one attached hydrogen (secondary N) is 1. The molecular weight excluding hydrogens is 236 g/mol. The summed E-state index contributed by atoms with van der Waals surface area (Å²) in [6.45, 7) is 3.15. The van der Waals surface area contributed by atoms with Gasteiger partial charge in [-0.25, -0.2) is 0 Å². The van der Waals surface area contributed by atoms with Gasteiger partial charge in [-0.1, -0.05) is 0 Å². The second-order valence-corrected chi connectivity index (χ2v) is 3.25. The van der Waals surface area contributed by atoms with E-state index in [9.17, 15) is 0 Å². The van der Waals surface area contributed by atoms with E-state index < -0.39 is 0 Å². The third kappa shape index (κ3) is 2.80. The molecule has 1 aromatic heterocycles. The molecule has 0 saturated carbocycles. The highest BCUT2D eigenvalue weighted by Crippen LogP contribution is 2.24. The number of halogens is 1. The van der Waals surface area contributed by atoms with Crippen LogP contribution in [0.25, 0.3) is 0 Å². The molecule has 5 heteroatoms. The van der Waals surface area contributed by atoms with E-state index in [1.54, 1.807) is 6.26 Å². The van der Waals surface area contributed by atoms with E-state index in [0.717, 1.165) is 5.56 Å². The number of hydrogen-bond acceptors (Lipinski definition) is 4. The Labute approximate surface area is 85.5 Å². The van der Waals surface area contributed by atoms with E-state index in [2.05, 4.69) is 21.4 Å². The number of nitrogens with two attached hydrogens (primary N) is 1. The van der Waals surface area contributed by atoms with E-state index in [0.29, 0.717) is 17.9 Å². The highest BCUT2D eigenvalue weighted by molar-refractivity contribution is 9.10. The summed E-state index contributed by atoms with van der Waals surface area (Å²) in [5.41, 5.74) is 3.63. The largest absolute Gasteiger partial charge is 0.457 e. The smallest absolute Gasteiger partial charge is 0.173 e. The zero-order valence-corrected chi connectivity index (χ0v) is 9.00. The minimum absolute atomic E-state index is 0.0342. The van der Waals surface area contributed by atoms with Crippen LogP contribution in [-0.2, 0) is 4.74 Å². The van der Waals surface area contributed by atoms with Gasteiger partial charge in [0.05, 0.1) is 18.9 Å². The lowest BCUT2D eigenvalue weighted by molar-refractivity contribution is 0.122. The standard InChI is InChI=1S/C8H13BrN2O2/c1-2-12-5-7(11-10)6-3-4-13-8(6)9/h3-4,7,11H,2,5,10H2,1H3. The maximum Gasteiger partial charge on any atom is 0.173 e. The second-order valence-electron chi connectivity index (χ2n) is 2.53. The van der Waals surface area contributed by atoms with Crippen molar-refractivity contribution in [2.75, 3.05) is 13.2 Å². The highest BCUT2D eigenvalue weighted by atomic mass is 79.9. The fourth-order valence-electron chi connectivity index (χ4n) is 1.02. The van der Waals surface area contributed by atoms with Crippen molar-refractivity contribution in [1.29, 1.82) is 0 Å². The van der Waals surface area contributed by atoms with Gasteiger partial charge >= 0.3 is 0 Å². The molecule has 13 heavy (non-hydrogen) atoms. The molecular formula is C8H13BrN2O2. The van der Waals surface area contributed by atoms with Crippen molar-refractivity contribution in [1.82, 2.24) is 5.43 Å². The summed E-state index contributed by atoms with van der Waals surface area (Å²) in [7, 11) is 0. The van der Waals surface area contributed by atoms with Crippen LogP contribution >= 0.6 is 15.9 Å². The van der Waals surface area contributed by atoms with E-state index >= 15 is 0 Å². The Bertz CT molecular complexity index is 252. The topological polar surface area (TPSA) is 60.4 Å². The van der Waals surface area contributed by atoms with Crippen LogP contribution in [0.4, 0.5) is 0 Å². The number of hydrogen-bond donors (Lipinski definition) is 2. The molecule has 1 unspecified atom stereocenters. The first-order valence-electron chi connectivity index (χ1n) is 4.06. The Morgan fingerprint density at radius 2 is 2.54 bits per heavy atom. The number of furan rings is 1. The Morgan fingerprint density at radius 3 is 3.00 bits per heavy atom. The third-order valence-electron chi connectivity index (χ3n) is 1.71. The van der Waals surface area contributed by atoms with E-state index in [1.807, 2.05) is 13.0 Å². The van der Waals surface area contributed by atoms with Crippen molar-refractivity contribution in [2.45, 2.75) is 13.0 Å². The SMILES string of the molecule is CCOCC(NN)c1ccoc1Br. The van der Waals surface area contributed by atoms with Crippen molar-refractivity contribution < 1.29 is 9.15 Å². The van der Waals surface area contributed by atoms with Gasteiger partial charge in [0.25, 0.3) is 0 Å². The molecule has 0 fully saturated rings. The van der Waals surface area contributed by atoms with Crippen LogP contribution in [0.1, 0.15) is 18.5 Å². The summed E-state index contributed by atoms with van der Waals surface area (Å²) in [5, 5.41) is 0. The summed E-state index contributed by atoms with van der Waals surface area (Å²) in [5.74, 6) is 5.38. The van der Waals surface area contributed by atoms with Crippen molar-refractivity contribution in [3.8, 4) is 0 Å². The third-order valence-corrected chi connectivity index (χ3v) is 2.36. The lowest BCUT2D eigenvalue weighted by Gasteiger charge is -2.13. The van der Waals surface area contributed by atoms with E-state index in [1.165, 1.54) is 0 Å². The first-order chi connectivity index (χ1) is 6.29. The van der Waals surface area contributed by atoms with Crippen LogP contribution in [0.2, 0.25) is 0 Å². The molecule has 1 heterocycles. The van der Waals surface area contributed by atoms with Gasteiger partial charge in [-0.2, -0.15) is 0 Å². The molecule has 3 N–H and O–H groups in total. The van der Waals surface area contributed by atoms with Crippen LogP contribution < -0.4 is 11.3 Å². The average molecular weight is 249 g/mol. The van der Waals surface area contributed by atoms with E-state index in [-0.39, 0.29) is 6.04 Å². The molecule has 0 aromatic carbocycles. The molecule has 0 spiro atoms. The fraction of sp³-hybridized carbons (Fsp3) is 0.500. The fourth-order valence-corrected chi connectivity index (χ4v) is 1.53. The Hall–Kier alpha value is -0.360. The highest BCUT2D eigenvalue weighted by Gasteiger charge is 2.14. The number of rotatable bonds is 5. The predicted octanol–water partition coefficient (Wildman–Crippen LogP) is 1.58. The number of hydrazine groups is 1. The zero-order valence-electron chi connectivity index (χ0n) is 7.42. The van der Waals surface area contributed by atoms with E-state index in [4.69, 9.17) is 15.0 Å². The normalized spacial score (nSPS) is 13.2. The molecule has 1 aromatic rings. The molecule has 0 aliphatic heterocycles. The molecule has 1 rings (SSSR count). The van der Waals surface area contributed by atoms with Crippen LogP contribution in [0.15, 0.2) is 21.4 Å². The predicted molar refractivity (Wildman–Crippen MR) is 53.0 cm³/mol. The van der Waals surface area contributed by atoms with Gasteiger partial charge in [0, 0.05) is 12.2 Å². The molecule has 0 bridgehead atoms. The summed E-state index contributed by atoms with van der Waals surface area (Å²) in [4.78, 5) is 0. The van der Waals surface area contributed by atoms with Gasteiger partial charge in [0.2, 0.25) is 0 Å². The molecule has 0 aliphatic rings. The van der Waals surface area contributed by atoms with Crippen LogP contribution in [-0.4, -0.2) is 13.2 Å². The summed E-state index contributed by atoms with van der Waals surface area (Å²) >= 11 is 3.28. The van der Waals surface area contributed by atoms with Gasteiger partial charge in [-0.15, -0.1) is 0 Å². The lowest BCUT2D eigenvalue weighted by Crippen LogP contribution is -2.31. The zero-order chi connectivity index (χ0) is 9.68. The molecule has 1 atom stereocenters. The van der Waals surface area contributed by atoms with Gasteiger partial charge in [0.15, 0.2) is 4.67 Å². The maximum absolute atomic E-state index is 5.38.